The Morgan fingerprint density at radius 2 is 1.77 bits per heavy atom. The molecule has 0 spiro atoms. The number of pyridine rings is 1. The molecule has 112 valence electrons. The summed E-state index contributed by atoms with van der Waals surface area (Å²) in [6.45, 7) is 3.12. The Hall–Kier alpha value is -2.46. The Kier molecular flexibility index (Phi) is 4.30. The molecule has 22 heavy (non-hydrogen) atoms. The van der Waals surface area contributed by atoms with Gasteiger partial charge in [0.25, 0.3) is 0 Å². The smallest absolute Gasteiger partial charge is 0.0645 e. The van der Waals surface area contributed by atoms with E-state index in [0.29, 0.717) is 6.04 Å². The summed E-state index contributed by atoms with van der Waals surface area (Å²) in [5.41, 5.74) is 3.66. The molecule has 3 rings (SSSR count). The molecule has 4 nitrogen and oxygen atoms in total. The molecule has 0 aliphatic carbocycles. The Bertz CT molecular complexity index is 690. The molecule has 2 aromatic heterocycles. The van der Waals surface area contributed by atoms with E-state index in [-0.39, 0.29) is 0 Å². The lowest BCUT2D eigenvalue weighted by atomic mass is 10.1. The van der Waals surface area contributed by atoms with Crippen LogP contribution in [0.15, 0.2) is 67.3 Å². The van der Waals surface area contributed by atoms with Crippen LogP contribution < -0.4 is 0 Å². The number of nitrogens with zero attached hydrogens (tertiary/aromatic N) is 4. The molecule has 0 bridgehead atoms. The van der Waals surface area contributed by atoms with Crippen molar-refractivity contribution in [2.24, 2.45) is 0 Å². The first kappa shape index (κ1) is 14.5. The van der Waals surface area contributed by atoms with Gasteiger partial charge in [-0.25, -0.2) is 4.68 Å². The van der Waals surface area contributed by atoms with Crippen molar-refractivity contribution in [3.63, 3.8) is 0 Å². The van der Waals surface area contributed by atoms with Gasteiger partial charge in [-0.1, -0.05) is 12.1 Å². The van der Waals surface area contributed by atoms with Gasteiger partial charge in [0, 0.05) is 37.4 Å². The van der Waals surface area contributed by atoms with Crippen molar-refractivity contribution < 1.29 is 0 Å². The second kappa shape index (κ2) is 6.54. The lowest BCUT2D eigenvalue weighted by Crippen LogP contribution is -2.21. The Morgan fingerprint density at radius 1 is 1.05 bits per heavy atom. The van der Waals surface area contributed by atoms with Crippen molar-refractivity contribution in [1.29, 1.82) is 0 Å². The maximum atomic E-state index is 4.25. The van der Waals surface area contributed by atoms with Gasteiger partial charge in [-0.05, 0) is 55.4 Å². The standard InChI is InChI=1S/C18H20N4/c1-15(17-8-11-19-12-9-17)21(2)14-16-4-6-18(7-5-16)22-13-3-10-20-22/h3-13,15H,14H2,1-2H3. The number of benzene rings is 1. The highest BCUT2D eigenvalue weighted by Crippen LogP contribution is 2.20. The molecule has 1 aromatic carbocycles. The lowest BCUT2D eigenvalue weighted by molar-refractivity contribution is 0.253. The third-order valence-corrected chi connectivity index (χ3v) is 3.99. The van der Waals surface area contributed by atoms with Crippen LogP contribution in [0.4, 0.5) is 0 Å². The third kappa shape index (κ3) is 3.23. The molecule has 0 saturated heterocycles. The molecule has 3 aromatic rings. The van der Waals surface area contributed by atoms with E-state index in [1.54, 1.807) is 6.20 Å². The summed E-state index contributed by atoms with van der Waals surface area (Å²) in [6.07, 6.45) is 7.43. The van der Waals surface area contributed by atoms with E-state index in [9.17, 15) is 0 Å². The summed E-state index contributed by atoms with van der Waals surface area (Å²) in [4.78, 5) is 6.41. The van der Waals surface area contributed by atoms with E-state index in [2.05, 4.69) is 65.4 Å². The molecule has 0 saturated carbocycles. The van der Waals surface area contributed by atoms with Crippen molar-refractivity contribution in [3.05, 3.63) is 78.4 Å². The Balaban J connectivity index is 1.68. The van der Waals surface area contributed by atoms with Crippen molar-refractivity contribution in [3.8, 4) is 5.69 Å². The van der Waals surface area contributed by atoms with E-state index in [1.165, 1.54) is 11.1 Å². The van der Waals surface area contributed by atoms with E-state index in [4.69, 9.17) is 0 Å². The van der Waals surface area contributed by atoms with Crippen molar-refractivity contribution in [2.75, 3.05) is 7.05 Å². The molecule has 1 unspecified atom stereocenters. The van der Waals surface area contributed by atoms with E-state index < -0.39 is 0 Å². The Morgan fingerprint density at radius 3 is 2.41 bits per heavy atom. The first-order valence-corrected chi connectivity index (χ1v) is 7.43. The van der Waals surface area contributed by atoms with Gasteiger partial charge < -0.3 is 0 Å². The van der Waals surface area contributed by atoms with Crippen LogP contribution in [0.25, 0.3) is 5.69 Å². The molecule has 0 radical (unpaired) electrons. The van der Waals surface area contributed by atoms with E-state index in [1.807, 2.05) is 29.3 Å². The van der Waals surface area contributed by atoms with Crippen molar-refractivity contribution >= 4 is 0 Å². The summed E-state index contributed by atoms with van der Waals surface area (Å²) in [5, 5.41) is 4.25. The van der Waals surface area contributed by atoms with Crippen molar-refractivity contribution in [1.82, 2.24) is 19.7 Å². The van der Waals surface area contributed by atoms with Crippen LogP contribution in [0.2, 0.25) is 0 Å². The second-order valence-corrected chi connectivity index (χ2v) is 5.49. The largest absolute Gasteiger partial charge is 0.295 e. The number of hydrogen-bond acceptors (Lipinski definition) is 3. The van der Waals surface area contributed by atoms with Gasteiger partial charge in [0.15, 0.2) is 0 Å². The van der Waals surface area contributed by atoms with Crippen LogP contribution in [0.5, 0.6) is 0 Å². The van der Waals surface area contributed by atoms with Crippen LogP contribution >= 0.6 is 0 Å². The van der Waals surface area contributed by atoms with Gasteiger partial charge in [0.1, 0.15) is 0 Å². The molecular formula is C18H20N4. The summed E-state index contributed by atoms with van der Waals surface area (Å²) in [7, 11) is 2.15. The fraction of sp³-hybridized carbons (Fsp3) is 0.222. The van der Waals surface area contributed by atoms with E-state index >= 15 is 0 Å². The summed E-state index contributed by atoms with van der Waals surface area (Å²) in [5.74, 6) is 0. The zero-order valence-electron chi connectivity index (χ0n) is 12.9. The van der Waals surface area contributed by atoms with Crippen LogP contribution in [0, 0.1) is 0 Å². The summed E-state index contributed by atoms with van der Waals surface area (Å²) < 4.78 is 1.87. The minimum Gasteiger partial charge on any atom is -0.295 e. The monoisotopic (exact) mass is 292 g/mol. The van der Waals surface area contributed by atoms with Crippen LogP contribution in [-0.2, 0) is 6.54 Å². The highest BCUT2D eigenvalue weighted by molar-refractivity contribution is 5.33. The van der Waals surface area contributed by atoms with Crippen molar-refractivity contribution in [2.45, 2.75) is 19.5 Å². The topological polar surface area (TPSA) is 34.0 Å². The number of hydrogen-bond donors (Lipinski definition) is 0. The van der Waals surface area contributed by atoms with Gasteiger partial charge >= 0.3 is 0 Å². The number of rotatable bonds is 5. The maximum Gasteiger partial charge on any atom is 0.0645 e. The summed E-state index contributed by atoms with van der Waals surface area (Å²) in [6, 6.07) is 15.0. The first-order valence-electron chi connectivity index (χ1n) is 7.43. The molecule has 0 aliphatic rings. The first-order chi connectivity index (χ1) is 10.7. The Labute approximate surface area is 131 Å². The summed E-state index contributed by atoms with van der Waals surface area (Å²) >= 11 is 0. The lowest BCUT2D eigenvalue weighted by Gasteiger charge is -2.25. The maximum absolute atomic E-state index is 4.25. The fourth-order valence-electron chi connectivity index (χ4n) is 2.50. The van der Waals surface area contributed by atoms with Crippen LogP contribution in [-0.4, -0.2) is 26.7 Å². The van der Waals surface area contributed by atoms with E-state index in [0.717, 1.165) is 12.2 Å². The van der Waals surface area contributed by atoms with Gasteiger partial charge in [-0.3, -0.25) is 9.88 Å². The quantitative estimate of drug-likeness (QED) is 0.722. The molecular weight excluding hydrogens is 272 g/mol. The molecule has 0 N–H and O–H groups in total. The predicted octanol–water partition coefficient (Wildman–Crippen LogP) is 3.46. The average molecular weight is 292 g/mol. The van der Waals surface area contributed by atoms with Crippen LogP contribution in [0.1, 0.15) is 24.1 Å². The fourth-order valence-corrected chi connectivity index (χ4v) is 2.50. The molecule has 0 fully saturated rings. The molecule has 1 atom stereocenters. The predicted molar refractivity (Wildman–Crippen MR) is 87.7 cm³/mol. The van der Waals surface area contributed by atoms with Gasteiger partial charge in [-0.2, -0.15) is 5.10 Å². The van der Waals surface area contributed by atoms with Gasteiger partial charge in [0.05, 0.1) is 5.69 Å². The van der Waals surface area contributed by atoms with Gasteiger partial charge in [0.2, 0.25) is 0 Å². The minimum atomic E-state index is 0.355. The number of aromatic nitrogens is 3. The van der Waals surface area contributed by atoms with Crippen LogP contribution in [0.3, 0.4) is 0 Å². The molecule has 0 aliphatic heterocycles. The average Bonchev–Trinajstić information content (AvgIpc) is 3.10. The highest BCUT2D eigenvalue weighted by atomic mass is 15.3. The highest BCUT2D eigenvalue weighted by Gasteiger charge is 2.11. The normalized spacial score (nSPS) is 12.5. The molecule has 2 heterocycles. The zero-order valence-corrected chi connectivity index (χ0v) is 12.9. The molecule has 0 amide bonds. The second-order valence-electron chi connectivity index (χ2n) is 5.49. The van der Waals surface area contributed by atoms with Gasteiger partial charge in [-0.15, -0.1) is 0 Å². The molecule has 4 heteroatoms. The minimum absolute atomic E-state index is 0.355. The zero-order chi connectivity index (χ0) is 15.4. The SMILES string of the molecule is CC(c1ccncc1)N(C)Cc1ccc(-n2cccn2)cc1. The third-order valence-electron chi connectivity index (χ3n) is 3.99.